The van der Waals surface area contributed by atoms with Crippen LogP contribution in [0.15, 0.2) is 29.4 Å². The van der Waals surface area contributed by atoms with Crippen LogP contribution in [0.5, 0.6) is 0 Å². The van der Waals surface area contributed by atoms with E-state index < -0.39 is 0 Å². The summed E-state index contributed by atoms with van der Waals surface area (Å²) in [4.78, 5) is 15.2. The third-order valence-electron chi connectivity index (χ3n) is 1.47. The summed E-state index contributed by atoms with van der Waals surface area (Å²) in [5, 5.41) is 3.60. The van der Waals surface area contributed by atoms with Gasteiger partial charge in [0.25, 0.3) is 0 Å². The van der Waals surface area contributed by atoms with Crippen LogP contribution in [-0.4, -0.2) is 22.5 Å². The van der Waals surface area contributed by atoms with Crippen molar-refractivity contribution in [3.8, 4) is 0 Å². The number of hydrogen-bond donors (Lipinski definition) is 2. The molecule has 0 fully saturated rings. The first-order valence-corrected chi connectivity index (χ1v) is 7.36. The van der Waals surface area contributed by atoms with Gasteiger partial charge in [0, 0.05) is 18.4 Å². The Morgan fingerprint density at radius 1 is 1.53 bits per heavy atom. The summed E-state index contributed by atoms with van der Waals surface area (Å²) < 4.78 is 0. The quantitative estimate of drug-likeness (QED) is 0.356. The molecule has 0 bridgehead atoms. The van der Waals surface area contributed by atoms with E-state index in [-0.39, 0.29) is 5.91 Å². The van der Waals surface area contributed by atoms with Gasteiger partial charge in [-0.15, -0.1) is 0 Å². The summed E-state index contributed by atoms with van der Waals surface area (Å²) in [7, 11) is 3.22. The number of carbonyl (C=O) groups excluding carboxylic acids is 1. The normalized spacial score (nSPS) is 9.93. The summed E-state index contributed by atoms with van der Waals surface area (Å²) in [6.07, 6.45) is 2.28. The average Bonchev–Trinajstić information content (AvgIpc) is 2.26. The van der Waals surface area contributed by atoms with Crippen molar-refractivity contribution in [1.82, 2.24) is 10.3 Å². The molecule has 82 valence electrons. The first-order chi connectivity index (χ1) is 7.33. The number of pyridine rings is 1. The maximum Gasteiger partial charge on any atom is 0.221 e. The molecule has 1 rings (SSSR count). The van der Waals surface area contributed by atoms with E-state index in [2.05, 4.69) is 22.9 Å². The first kappa shape index (κ1) is 12.7. The number of hydrogen-bond acceptors (Lipinski definition) is 5. The first-order valence-electron chi connectivity index (χ1n) is 4.41. The van der Waals surface area contributed by atoms with E-state index in [0.29, 0.717) is 12.3 Å². The second kappa shape index (κ2) is 7.90. The van der Waals surface area contributed by atoms with Crippen molar-refractivity contribution < 1.29 is 4.79 Å². The summed E-state index contributed by atoms with van der Waals surface area (Å²) in [5.41, 5.74) is 0. The zero-order valence-electron chi connectivity index (χ0n) is 8.05. The van der Waals surface area contributed by atoms with Gasteiger partial charge in [-0.2, -0.15) is 12.6 Å². The molecule has 0 saturated carbocycles. The number of rotatable bonds is 6. The van der Waals surface area contributed by atoms with Gasteiger partial charge >= 0.3 is 0 Å². The SMILES string of the molecule is O=C(CCSSc1ccccn1)NCS. The Morgan fingerprint density at radius 2 is 2.40 bits per heavy atom. The van der Waals surface area contributed by atoms with E-state index in [4.69, 9.17) is 0 Å². The Kier molecular flexibility index (Phi) is 6.71. The predicted octanol–water partition coefficient (Wildman–Crippen LogP) is 2.22. The fourth-order valence-electron chi connectivity index (χ4n) is 0.809. The standard InChI is InChI=1S/C9H12N2OS3/c12-8(11-7-13)4-6-14-15-9-3-1-2-5-10-9/h1-3,5,13H,4,6-7H2,(H,11,12). The molecule has 0 aliphatic rings. The van der Waals surface area contributed by atoms with Crippen LogP contribution in [0, 0.1) is 0 Å². The van der Waals surface area contributed by atoms with Crippen LogP contribution < -0.4 is 5.32 Å². The van der Waals surface area contributed by atoms with Crippen LogP contribution in [0.3, 0.4) is 0 Å². The number of nitrogens with zero attached hydrogens (tertiary/aromatic N) is 1. The minimum absolute atomic E-state index is 0.0409. The van der Waals surface area contributed by atoms with Gasteiger partial charge in [-0.3, -0.25) is 4.79 Å². The molecule has 1 aromatic heterocycles. The molecule has 0 aromatic carbocycles. The molecular weight excluding hydrogens is 248 g/mol. The average molecular weight is 260 g/mol. The molecule has 6 heteroatoms. The third kappa shape index (κ3) is 5.96. The van der Waals surface area contributed by atoms with Crippen LogP contribution in [0.1, 0.15) is 6.42 Å². The van der Waals surface area contributed by atoms with Crippen LogP contribution in [0.2, 0.25) is 0 Å². The molecule has 0 aliphatic carbocycles. The van der Waals surface area contributed by atoms with Gasteiger partial charge in [0.2, 0.25) is 5.91 Å². The van der Waals surface area contributed by atoms with Crippen LogP contribution >= 0.6 is 34.2 Å². The smallest absolute Gasteiger partial charge is 0.221 e. The molecule has 0 aliphatic heterocycles. The second-order valence-corrected chi connectivity index (χ2v) is 5.33. The molecule has 1 N–H and O–H groups in total. The Labute approximate surface area is 103 Å². The number of carbonyl (C=O) groups is 1. The third-order valence-corrected chi connectivity index (χ3v) is 3.90. The summed E-state index contributed by atoms with van der Waals surface area (Å²) >= 11 is 3.91. The summed E-state index contributed by atoms with van der Waals surface area (Å²) in [6, 6.07) is 5.78. The van der Waals surface area contributed by atoms with E-state index >= 15 is 0 Å². The lowest BCUT2D eigenvalue weighted by molar-refractivity contribution is -0.120. The number of amides is 1. The topological polar surface area (TPSA) is 42.0 Å². The van der Waals surface area contributed by atoms with Gasteiger partial charge in [0.15, 0.2) is 0 Å². The minimum Gasteiger partial charge on any atom is -0.347 e. The maximum absolute atomic E-state index is 11.1. The van der Waals surface area contributed by atoms with Crippen LogP contribution in [0.4, 0.5) is 0 Å². The van der Waals surface area contributed by atoms with Gasteiger partial charge in [0.05, 0.1) is 5.88 Å². The highest BCUT2D eigenvalue weighted by Gasteiger charge is 2.00. The maximum atomic E-state index is 11.1. The largest absolute Gasteiger partial charge is 0.347 e. The number of nitrogens with one attached hydrogen (secondary N) is 1. The van der Waals surface area contributed by atoms with Gasteiger partial charge in [-0.05, 0) is 22.9 Å². The van der Waals surface area contributed by atoms with Crippen molar-refractivity contribution in [2.75, 3.05) is 11.6 Å². The Morgan fingerprint density at radius 3 is 3.07 bits per heavy atom. The Bertz CT molecular complexity index is 295. The molecule has 1 aromatic rings. The molecule has 1 heterocycles. The van der Waals surface area contributed by atoms with Gasteiger partial charge in [-0.1, -0.05) is 16.9 Å². The highest BCUT2D eigenvalue weighted by molar-refractivity contribution is 8.76. The van der Waals surface area contributed by atoms with Crippen LogP contribution in [-0.2, 0) is 4.79 Å². The van der Waals surface area contributed by atoms with Gasteiger partial charge in [0.1, 0.15) is 5.03 Å². The highest BCUT2D eigenvalue weighted by Crippen LogP contribution is 2.29. The number of aromatic nitrogens is 1. The molecule has 0 atom stereocenters. The van der Waals surface area contributed by atoms with Crippen molar-refractivity contribution in [3.05, 3.63) is 24.4 Å². The highest BCUT2D eigenvalue weighted by atomic mass is 33.1. The molecule has 0 radical (unpaired) electrons. The lowest BCUT2D eigenvalue weighted by atomic mass is 10.5. The number of thiol groups is 1. The molecule has 1 amide bonds. The Balaban J connectivity index is 2.10. The van der Waals surface area contributed by atoms with Gasteiger partial charge in [-0.25, -0.2) is 4.98 Å². The fraction of sp³-hybridized carbons (Fsp3) is 0.333. The lowest BCUT2D eigenvalue weighted by Crippen LogP contribution is -2.21. The van der Waals surface area contributed by atoms with E-state index in [9.17, 15) is 4.79 Å². The monoisotopic (exact) mass is 260 g/mol. The molecule has 3 nitrogen and oxygen atoms in total. The van der Waals surface area contributed by atoms with E-state index in [1.807, 2.05) is 18.2 Å². The zero-order valence-corrected chi connectivity index (χ0v) is 10.6. The summed E-state index contributed by atoms with van der Waals surface area (Å²) in [5.74, 6) is 1.22. The van der Waals surface area contributed by atoms with Crippen molar-refractivity contribution in [2.24, 2.45) is 0 Å². The van der Waals surface area contributed by atoms with Crippen molar-refractivity contribution in [2.45, 2.75) is 11.4 Å². The zero-order chi connectivity index (χ0) is 10.9. The van der Waals surface area contributed by atoms with E-state index in [1.165, 1.54) is 0 Å². The lowest BCUT2D eigenvalue weighted by Gasteiger charge is -2.01. The molecule has 0 saturated heterocycles. The molecule has 0 unspecified atom stereocenters. The van der Waals surface area contributed by atoms with Crippen molar-refractivity contribution in [1.29, 1.82) is 0 Å². The van der Waals surface area contributed by atoms with Crippen LogP contribution in [0.25, 0.3) is 0 Å². The Hall–Kier alpha value is -0.330. The molecular formula is C9H12N2OS3. The van der Waals surface area contributed by atoms with Crippen molar-refractivity contribution >= 4 is 40.1 Å². The van der Waals surface area contributed by atoms with Crippen molar-refractivity contribution in [3.63, 3.8) is 0 Å². The predicted molar refractivity (Wildman–Crippen MR) is 69.2 cm³/mol. The second-order valence-electron chi connectivity index (χ2n) is 2.58. The summed E-state index contributed by atoms with van der Waals surface area (Å²) in [6.45, 7) is 0. The fourth-order valence-corrected chi connectivity index (χ4v) is 2.85. The van der Waals surface area contributed by atoms with E-state index in [0.717, 1.165) is 10.8 Å². The minimum atomic E-state index is 0.0409. The van der Waals surface area contributed by atoms with Gasteiger partial charge < -0.3 is 5.32 Å². The van der Waals surface area contributed by atoms with E-state index in [1.54, 1.807) is 27.8 Å². The molecule has 0 spiro atoms. The molecule has 15 heavy (non-hydrogen) atoms.